The molecule has 1 unspecified atom stereocenters. The van der Waals surface area contributed by atoms with Gasteiger partial charge in [-0.2, -0.15) is 0 Å². The molecule has 0 bridgehead atoms. The fourth-order valence-electron chi connectivity index (χ4n) is 3.06. The SMILES string of the molecule is O=C1CCSC(c2ccc(Cl)cc2)N1CCCN1CCOCC1. The van der Waals surface area contributed by atoms with Gasteiger partial charge in [-0.25, -0.2) is 0 Å². The van der Waals surface area contributed by atoms with Gasteiger partial charge in [0.05, 0.1) is 13.2 Å². The number of morpholine rings is 1. The Morgan fingerprint density at radius 1 is 1.17 bits per heavy atom. The summed E-state index contributed by atoms with van der Waals surface area (Å²) in [5.74, 6) is 1.16. The fraction of sp³-hybridized carbons (Fsp3) is 0.588. The van der Waals surface area contributed by atoms with Gasteiger partial charge in [-0.05, 0) is 24.1 Å². The summed E-state index contributed by atoms with van der Waals surface area (Å²) >= 11 is 7.83. The molecule has 1 amide bonds. The van der Waals surface area contributed by atoms with Crippen molar-refractivity contribution in [3.63, 3.8) is 0 Å². The Morgan fingerprint density at radius 2 is 1.91 bits per heavy atom. The second-order valence-corrected chi connectivity index (χ2v) is 7.54. The summed E-state index contributed by atoms with van der Waals surface area (Å²) in [7, 11) is 0. The van der Waals surface area contributed by atoms with Gasteiger partial charge in [-0.3, -0.25) is 9.69 Å². The number of carbonyl (C=O) groups excluding carboxylic acids is 1. The van der Waals surface area contributed by atoms with Crippen LogP contribution in [0, 0.1) is 0 Å². The molecule has 2 heterocycles. The van der Waals surface area contributed by atoms with Crippen LogP contribution < -0.4 is 0 Å². The minimum absolute atomic E-state index is 0.123. The van der Waals surface area contributed by atoms with Crippen molar-refractivity contribution < 1.29 is 9.53 Å². The number of thioether (sulfide) groups is 1. The predicted molar refractivity (Wildman–Crippen MR) is 94.9 cm³/mol. The van der Waals surface area contributed by atoms with Gasteiger partial charge < -0.3 is 9.64 Å². The van der Waals surface area contributed by atoms with Gasteiger partial charge in [0.1, 0.15) is 5.37 Å². The minimum Gasteiger partial charge on any atom is -0.379 e. The zero-order chi connectivity index (χ0) is 16.1. The monoisotopic (exact) mass is 354 g/mol. The smallest absolute Gasteiger partial charge is 0.224 e. The first-order valence-corrected chi connectivity index (χ1v) is 9.63. The third-order valence-electron chi connectivity index (χ3n) is 4.33. The van der Waals surface area contributed by atoms with Gasteiger partial charge >= 0.3 is 0 Å². The van der Waals surface area contributed by atoms with E-state index in [-0.39, 0.29) is 11.3 Å². The highest BCUT2D eigenvalue weighted by Crippen LogP contribution is 2.37. The summed E-state index contributed by atoms with van der Waals surface area (Å²) in [4.78, 5) is 16.8. The molecule has 2 saturated heterocycles. The van der Waals surface area contributed by atoms with Crippen molar-refractivity contribution >= 4 is 29.3 Å². The van der Waals surface area contributed by atoms with E-state index >= 15 is 0 Å². The normalized spacial score (nSPS) is 23.3. The molecule has 2 fully saturated rings. The van der Waals surface area contributed by atoms with Gasteiger partial charge in [0.25, 0.3) is 0 Å². The number of hydrogen-bond donors (Lipinski definition) is 0. The molecule has 1 aromatic carbocycles. The number of rotatable bonds is 5. The molecule has 6 heteroatoms. The van der Waals surface area contributed by atoms with Crippen LogP contribution in [0.3, 0.4) is 0 Å². The summed E-state index contributed by atoms with van der Waals surface area (Å²) in [5.41, 5.74) is 1.17. The Hall–Kier alpha value is -0.750. The van der Waals surface area contributed by atoms with Crippen LogP contribution in [0.4, 0.5) is 0 Å². The molecule has 1 atom stereocenters. The highest BCUT2D eigenvalue weighted by atomic mass is 35.5. The number of hydrogen-bond acceptors (Lipinski definition) is 4. The predicted octanol–water partition coefficient (Wildman–Crippen LogP) is 3.03. The first-order valence-electron chi connectivity index (χ1n) is 8.21. The molecule has 0 aromatic heterocycles. The van der Waals surface area contributed by atoms with E-state index in [2.05, 4.69) is 4.90 Å². The number of halogens is 1. The lowest BCUT2D eigenvalue weighted by Crippen LogP contribution is -2.41. The van der Waals surface area contributed by atoms with Crippen LogP contribution in [0.1, 0.15) is 23.8 Å². The molecule has 1 aromatic rings. The maximum atomic E-state index is 12.4. The van der Waals surface area contributed by atoms with Crippen molar-refractivity contribution in [2.45, 2.75) is 18.2 Å². The minimum atomic E-state index is 0.123. The third-order valence-corrected chi connectivity index (χ3v) is 5.86. The molecule has 2 aliphatic rings. The molecular formula is C17H23ClN2O2S. The average Bonchev–Trinajstić information content (AvgIpc) is 2.58. The quantitative estimate of drug-likeness (QED) is 0.813. The zero-order valence-electron chi connectivity index (χ0n) is 13.2. The average molecular weight is 355 g/mol. The van der Waals surface area contributed by atoms with Crippen LogP contribution in [0.25, 0.3) is 0 Å². The topological polar surface area (TPSA) is 32.8 Å². The van der Waals surface area contributed by atoms with Gasteiger partial charge in [-0.1, -0.05) is 23.7 Å². The van der Waals surface area contributed by atoms with Crippen LogP contribution in [-0.4, -0.2) is 60.9 Å². The van der Waals surface area contributed by atoms with Crippen molar-refractivity contribution in [2.75, 3.05) is 45.1 Å². The van der Waals surface area contributed by atoms with E-state index < -0.39 is 0 Å². The highest BCUT2D eigenvalue weighted by molar-refractivity contribution is 7.99. The van der Waals surface area contributed by atoms with Crippen LogP contribution in [-0.2, 0) is 9.53 Å². The lowest BCUT2D eigenvalue weighted by atomic mass is 10.2. The first-order chi connectivity index (χ1) is 11.2. The largest absolute Gasteiger partial charge is 0.379 e. The maximum Gasteiger partial charge on any atom is 0.224 e. The summed E-state index contributed by atoms with van der Waals surface area (Å²) < 4.78 is 5.38. The molecule has 0 radical (unpaired) electrons. The summed E-state index contributed by atoms with van der Waals surface area (Å²) in [5, 5.41) is 0.859. The molecule has 0 spiro atoms. The van der Waals surface area contributed by atoms with Crippen LogP contribution in [0.2, 0.25) is 5.02 Å². The molecule has 0 aliphatic carbocycles. The van der Waals surface area contributed by atoms with Crippen LogP contribution in [0.15, 0.2) is 24.3 Å². The molecule has 0 saturated carbocycles. The Morgan fingerprint density at radius 3 is 2.65 bits per heavy atom. The van der Waals surface area contributed by atoms with Crippen molar-refractivity contribution in [1.82, 2.24) is 9.80 Å². The molecule has 4 nitrogen and oxygen atoms in total. The van der Waals surface area contributed by atoms with Crippen molar-refractivity contribution in [1.29, 1.82) is 0 Å². The van der Waals surface area contributed by atoms with E-state index in [9.17, 15) is 4.79 Å². The van der Waals surface area contributed by atoms with Gasteiger partial charge in [0.15, 0.2) is 0 Å². The zero-order valence-corrected chi connectivity index (χ0v) is 14.8. The van der Waals surface area contributed by atoms with E-state index in [1.54, 1.807) is 0 Å². The lowest BCUT2D eigenvalue weighted by molar-refractivity contribution is -0.132. The summed E-state index contributed by atoms with van der Waals surface area (Å²) in [6.45, 7) is 5.51. The number of amides is 1. The van der Waals surface area contributed by atoms with Crippen molar-refractivity contribution in [3.8, 4) is 0 Å². The van der Waals surface area contributed by atoms with Crippen molar-refractivity contribution in [2.24, 2.45) is 0 Å². The molecular weight excluding hydrogens is 332 g/mol. The van der Waals surface area contributed by atoms with Gasteiger partial charge in [0.2, 0.25) is 5.91 Å². The van der Waals surface area contributed by atoms with E-state index in [4.69, 9.17) is 16.3 Å². The van der Waals surface area contributed by atoms with Crippen LogP contribution in [0.5, 0.6) is 0 Å². The highest BCUT2D eigenvalue weighted by Gasteiger charge is 2.29. The Balaban J connectivity index is 1.59. The maximum absolute atomic E-state index is 12.4. The van der Waals surface area contributed by atoms with Crippen molar-refractivity contribution in [3.05, 3.63) is 34.9 Å². The molecule has 2 aliphatic heterocycles. The van der Waals surface area contributed by atoms with E-state index in [1.807, 2.05) is 40.9 Å². The summed E-state index contributed by atoms with van der Waals surface area (Å²) in [6.07, 6.45) is 1.66. The Bertz CT molecular complexity index is 520. The summed E-state index contributed by atoms with van der Waals surface area (Å²) in [6, 6.07) is 7.88. The number of carbonyl (C=O) groups is 1. The second kappa shape index (κ2) is 8.38. The molecule has 3 rings (SSSR count). The first kappa shape index (κ1) is 17.1. The lowest BCUT2D eigenvalue weighted by Gasteiger charge is -2.36. The van der Waals surface area contributed by atoms with E-state index in [0.717, 1.165) is 56.6 Å². The number of benzene rings is 1. The standard InChI is InChI=1S/C17H23ClN2O2S/c18-15-4-2-14(3-5-15)17-20(16(21)6-13-23-17)8-1-7-19-9-11-22-12-10-19/h2-5,17H,1,6-13H2. The molecule has 126 valence electrons. The third kappa shape index (κ3) is 4.63. The van der Waals surface area contributed by atoms with E-state index in [1.165, 1.54) is 5.56 Å². The van der Waals surface area contributed by atoms with Gasteiger partial charge in [-0.15, -0.1) is 11.8 Å². The van der Waals surface area contributed by atoms with Gasteiger partial charge in [0, 0.05) is 43.4 Å². The number of ether oxygens (including phenoxy) is 1. The van der Waals surface area contributed by atoms with Crippen LogP contribution >= 0.6 is 23.4 Å². The van der Waals surface area contributed by atoms with E-state index in [0.29, 0.717) is 6.42 Å². The molecule has 23 heavy (non-hydrogen) atoms. The molecule has 0 N–H and O–H groups in total. The fourth-order valence-corrected chi connectivity index (χ4v) is 4.45. The Labute approximate surface area is 147 Å². The second-order valence-electron chi connectivity index (χ2n) is 5.92. The number of nitrogens with zero attached hydrogens (tertiary/aromatic N) is 2. The Kier molecular flexibility index (Phi) is 6.22.